The largest absolute Gasteiger partial charge is 0.466 e. The van der Waals surface area contributed by atoms with Gasteiger partial charge in [0.2, 0.25) is 0 Å². The zero-order valence-corrected chi connectivity index (χ0v) is 18.8. The Kier molecular flexibility index (Phi) is 20.5. The standard InChI is InChI=1S/C9H16O3.C6H10O3.C3H7I/c1-5-12-9(11)8(6(2)3)7(4)10;1-3-9-6(8)4-5(2)7;1-3(2)4/h6,8H,5H2,1-4H3;3-4H2,1-2H3;3H,1-2H3. The first-order valence-electron chi connectivity index (χ1n) is 8.36. The highest BCUT2D eigenvalue weighted by atomic mass is 127. The van der Waals surface area contributed by atoms with Crippen LogP contribution in [0.3, 0.4) is 0 Å². The van der Waals surface area contributed by atoms with Gasteiger partial charge in [0, 0.05) is 3.92 Å². The van der Waals surface area contributed by atoms with Gasteiger partial charge in [-0.1, -0.05) is 50.3 Å². The van der Waals surface area contributed by atoms with E-state index in [4.69, 9.17) is 4.74 Å². The minimum atomic E-state index is -0.593. The van der Waals surface area contributed by atoms with Crippen molar-refractivity contribution in [3.8, 4) is 0 Å². The summed E-state index contributed by atoms with van der Waals surface area (Å²) in [6.45, 7) is 14.9. The molecule has 0 bridgehead atoms. The summed E-state index contributed by atoms with van der Waals surface area (Å²) in [5.41, 5.74) is 0. The molecule has 6 nitrogen and oxygen atoms in total. The molecule has 0 spiro atoms. The molecular weight excluding hydrogens is 439 g/mol. The van der Waals surface area contributed by atoms with Crippen LogP contribution in [0.25, 0.3) is 0 Å². The van der Waals surface area contributed by atoms with Gasteiger partial charge in [0.1, 0.15) is 23.9 Å². The second-order valence-electron chi connectivity index (χ2n) is 5.78. The monoisotopic (exact) mass is 472 g/mol. The van der Waals surface area contributed by atoms with Crippen LogP contribution in [0.5, 0.6) is 0 Å². The van der Waals surface area contributed by atoms with Gasteiger partial charge in [-0.05, 0) is 33.6 Å². The molecule has 0 aliphatic carbocycles. The zero-order chi connectivity index (χ0) is 20.6. The minimum absolute atomic E-state index is 0.0153. The lowest BCUT2D eigenvalue weighted by molar-refractivity contribution is -0.153. The summed E-state index contributed by atoms with van der Waals surface area (Å²) in [6, 6.07) is 0. The van der Waals surface area contributed by atoms with Crippen LogP contribution in [0.15, 0.2) is 0 Å². The van der Waals surface area contributed by atoms with Crippen molar-refractivity contribution >= 4 is 46.1 Å². The van der Waals surface area contributed by atoms with Gasteiger partial charge in [-0.25, -0.2) is 0 Å². The van der Waals surface area contributed by atoms with Gasteiger partial charge in [0.15, 0.2) is 0 Å². The second kappa shape index (κ2) is 17.8. The van der Waals surface area contributed by atoms with E-state index < -0.39 is 17.9 Å². The summed E-state index contributed by atoms with van der Waals surface area (Å²) in [7, 11) is 0. The summed E-state index contributed by atoms with van der Waals surface area (Å²) >= 11 is 2.34. The van der Waals surface area contributed by atoms with Crippen LogP contribution in [0.4, 0.5) is 0 Å². The highest BCUT2D eigenvalue weighted by Crippen LogP contribution is 2.13. The van der Waals surface area contributed by atoms with Crippen molar-refractivity contribution < 1.29 is 28.7 Å². The van der Waals surface area contributed by atoms with Crippen LogP contribution in [-0.2, 0) is 28.7 Å². The number of rotatable bonds is 7. The number of carbonyl (C=O) groups excluding carboxylic acids is 4. The molecule has 0 saturated carbocycles. The van der Waals surface area contributed by atoms with Crippen LogP contribution >= 0.6 is 22.6 Å². The molecule has 148 valence electrons. The van der Waals surface area contributed by atoms with Crippen LogP contribution in [0.1, 0.15) is 61.8 Å². The van der Waals surface area contributed by atoms with E-state index in [9.17, 15) is 19.2 Å². The Balaban J connectivity index is -0.000000328. The first-order valence-corrected chi connectivity index (χ1v) is 9.61. The zero-order valence-electron chi connectivity index (χ0n) is 16.7. The lowest BCUT2D eigenvalue weighted by Crippen LogP contribution is -2.28. The fraction of sp³-hybridized carbons (Fsp3) is 0.778. The van der Waals surface area contributed by atoms with Crippen molar-refractivity contribution in [3.05, 3.63) is 0 Å². The molecule has 0 aromatic rings. The maximum Gasteiger partial charge on any atom is 0.316 e. The average molecular weight is 472 g/mol. The number of halogens is 1. The Bertz CT molecular complexity index is 402. The lowest BCUT2D eigenvalue weighted by Gasteiger charge is -2.15. The fourth-order valence-electron chi connectivity index (χ4n) is 1.55. The summed E-state index contributed by atoms with van der Waals surface area (Å²) in [6.07, 6.45) is -0.103. The van der Waals surface area contributed by atoms with Gasteiger partial charge in [0.05, 0.1) is 13.2 Å². The predicted molar refractivity (Wildman–Crippen MR) is 107 cm³/mol. The van der Waals surface area contributed by atoms with E-state index in [0.29, 0.717) is 13.2 Å². The Morgan fingerprint density at radius 2 is 1.28 bits per heavy atom. The fourth-order valence-corrected chi connectivity index (χ4v) is 1.55. The quantitative estimate of drug-likeness (QED) is 0.243. The predicted octanol–water partition coefficient (Wildman–Crippen LogP) is 3.77. The highest BCUT2D eigenvalue weighted by molar-refractivity contribution is 14.1. The van der Waals surface area contributed by atoms with Crippen molar-refractivity contribution in [2.75, 3.05) is 13.2 Å². The molecule has 0 aliphatic rings. The average Bonchev–Trinajstić information content (AvgIpc) is 2.37. The normalized spacial score (nSPS) is 10.7. The molecule has 7 heteroatoms. The maximum atomic E-state index is 11.2. The van der Waals surface area contributed by atoms with Gasteiger partial charge < -0.3 is 9.47 Å². The van der Waals surface area contributed by atoms with Crippen molar-refractivity contribution in [1.29, 1.82) is 0 Å². The third-order valence-corrected chi connectivity index (χ3v) is 2.34. The Hall–Kier alpha value is -0.990. The highest BCUT2D eigenvalue weighted by Gasteiger charge is 2.27. The Labute approximate surface area is 165 Å². The number of hydrogen-bond donors (Lipinski definition) is 0. The molecule has 0 N–H and O–H groups in total. The minimum Gasteiger partial charge on any atom is -0.466 e. The number of esters is 2. The van der Waals surface area contributed by atoms with E-state index in [0.717, 1.165) is 3.92 Å². The van der Waals surface area contributed by atoms with Gasteiger partial charge >= 0.3 is 11.9 Å². The molecule has 25 heavy (non-hydrogen) atoms. The van der Waals surface area contributed by atoms with Crippen LogP contribution < -0.4 is 0 Å². The van der Waals surface area contributed by atoms with Crippen LogP contribution in [0, 0.1) is 11.8 Å². The first kappa shape index (κ1) is 28.8. The van der Waals surface area contributed by atoms with Crippen molar-refractivity contribution in [2.24, 2.45) is 11.8 Å². The number of hydrogen-bond acceptors (Lipinski definition) is 6. The van der Waals surface area contributed by atoms with E-state index in [1.807, 2.05) is 13.8 Å². The molecule has 0 aliphatic heterocycles. The molecule has 0 radical (unpaired) electrons. The summed E-state index contributed by atoms with van der Waals surface area (Å²) in [4.78, 5) is 42.8. The maximum absolute atomic E-state index is 11.2. The van der Waals surface area contributed by atoms with Gasteiger partial charge in [-0.2, -0.15) is 0 Å². The summed E-state index contributed by atoms with van der Waals surface area (Å²) < 4.78 is 10.1. The van der Waals surface area contributed by atoms with E-state index in [2.05, 4.69) is 41.2 Å². The number of Topliss-reactive ketones (excluding diaryl/α,β-unsaturated/α-hetero) is 2. The molecule has 1 atom stereocenters. The summed E-state index contributed by atoms with van der Waals surface area (Å²) in [5.74, 6) is -1.70. The molecule has 1 unspecified atom stereocenters. The number of ketones is 2. The van der Waals surface area contributed by atoms with Crippen molar-refractivity contribution in [1.82, 2.24) is 0 Å². The van der Waals surface area contributed by atoms with Crippen LogP contribution in [-0.4, -0.2) is 40.6 Å². The van der Waals surface area contributed by atoms with E-state index in [1.165, 1.54) is 13.8 Å². The Morgan fingerprint density at radius 1 is 0.880 bits per heavy atom. The van der Waals surface area contributed by atoms with E-state index in [1.54, 1.807) is 13.8 Å². The van der Waals surface area contributed by atoms with E-state index >= 15 is 0 Å². The van der Waals surface area contributed by atoms with Crippen molar-refractivity contribution in [3.63, 3.8) is 0 Å². The first-order chi connectivity index (χ1) is 11.4. The summed E-state index contributed by atoms with van der Waals surface area (Å²) in [5, 5.41) is 0. The topological polar surface area (TPSA) is 86.7 Å². The number of carbonyl (C=O) groups is 4. The smallest absolute Gasteiger partial charge is 0.316 e. The van der Waals surface area contributed by atoms with Gasteiger partial charge in [-0.3, -0.25) is 19.2 Å². The number of ether oxygens (including phenoxy) is 2. The SMILES string of the molecule is CC(C)I.CCOC(=O)C(C(C)=O)C(C)C.CCOC(=O)CC(C)=O. The van der Waals surface area contributed by atoms with E-state index in [-0.39, 0.29) is 23.9 Å². The molecule has 0 saturated heterocycles. The Morgan fingerprint density at radius 3 is 1.52 bits per heavy atom. The van der Waals surface area contributed by atoms with Crippen molar-refractivity contribution in [2.45, 2.75) is 65.7 Å². The molecule has 0 aromatic carbocycles. The molecular formula is C18H33IO6. The lowest BCUT2D eigenvalue weighted by atomic mass is 9.92. The van der Waals surface area contributed by atoms with Gasteiger partial charge in [0.25, 0.3) is 0 Å². The third kappa shape index (κ3) is 23.0. The molecule has 0 rings (SSSR count). The van der Waals surface area contributed by atoms with Gasteiger partial charge in [-0.15, -0.1) is 0 Å². The second-order valence-corrected chi connectivity index (χ2v) is 8.27. The molecule has 0 aromatic heterocycles. The molecule has 0 heterocycles. The number of alkyl halides is 1. The third-order valence-electron chi connectivity index (χ3n) is 2.34. The molecule has 0 fully saturated rings. The van der Waals surface area contributed by atoms with Crippen LogP contribution in [0.2, 0.25) is 0 Å². The molecule has 0 amide bonds.